The molecule has 0 saturated heterocycles. The monoisotopic (exact) mass is 369 g/mol. The Balaban J connectivity index is 1.68. The average Bonchev–Trinajstić information content (AvgIpc) is 3.34. The summed E-state index contributed by atoms with van der Waals surface area (Å²) in [5.41, 5.74) is 2.00. The number of furan rings is 1. The minimum Gasteiger partial charge on any atom is -0.461 e. The predicted molar refractivity (Wildman–Crippen MR) is 104 cm³/mol. The molecule has 0 aliphatic rings. The molecular formula is C20H23N3O2S. The fourth-order valence-electron chi connectivity index (χ4n) is 2.72. The van der Waals surface area contributed by atoms with Gasteiger partial charge in [0.05, 0.1) is 12.0 Å². The quantitative estimate of drug-likeness (QED) is 0.411. The minimum atomic E-state index is 0.0934. The first-order valence-electron chi connectivity index (χ1n) is 8.87. The third-order valence-electron chi connectivity index (χ3n) is 4.52. The van der Waals surface area contributed by atoms with Crippen molar-refractivity contribution in [3.63, 3.8) is 0 Å². The molecule has 0 saturated carbocycles. The largest absolute Gasteiger partial charge is 0.461 e. The molecule has 1 atom stereocenters. The molecule has 0 fully saturated rings. The SMILES string of the molecule is CCC(C)c1ccc(C(=O)CSc2nnc(-c3ccco3)n2CC)cc1. The fraction of sp³-hybridized carbons (Fsp3) is 0.350. The molecule has 0 N–H and O–H groups in total. The number of benzene rings is 1. The van der Waals surface area contributed by atoms with Gasteiger partial charge in [-0.25, -0.2) is 0 Å². The van der Waals surface area contributed by atoms with E-state index in [1.165, 1.54) is 17.3 Å². The molecule has 0 aliphatic heterocycles. The molecule has 0 spiro atoms. The third-order valence-corrected chi connectivity index (χ3v) is 5.49. The van der Waals surface area contributed by atoms with Gasteiger partial charge in [-0.15, -0.1) is 10.2 Å². The van der Waals surface area contributed by atoms with Crippen molar-refractivity contribution in [1.82, 2.24) is 14.8 Å². The number of aromatic nitrogens is 3. The van der Waals surface area contributed by atoms with Crippen LogP contribution in [-0.4, -0.2) is 26.3 Å². The minimum absolute atomic E-state index is 0.0934. The summed E-state index contributed by atoms with van der Waals surface area (Å²) in [6.07, 6.45) is 2.71. The number of nitrogens with zero attached hydrogens (tertiary/aromatic N) is 3. The summed E-state index contributed by atoms with van der Waals surface area (Å²) in [5.74, 6) is 2.30. The number of carbonyl (C=O) groups excluding carboxylic acids is 1. The van der Waals surface area contributed by atoms with Crippen molar-refractivity contribution in [2.24, 2.45) is 0 Å². The van der Waals surface area contributed by atoms with Crippen LogP contribution in [0.3, 0.4) is 0 Å². The molecule has 2 aromatic heterocycles. The highest BCUT2D eigenvalue weighted by Gasteiger charge is 2.16. The number of carbonyl (C=O) groups is 1. The summed E-state index contributed by atoms with van der Waals surface area (Å²) in [6, 6.07) is 11.6. The van der Waals surface area contributed by atoms with Crippen LogP contribution in [0.25, 0.3) is 11.6 Å². The Morgan fingerprint density at radius 2 is 1.96 bits per heavy atom. The number of thioether (sulfide) groups is 1. The summed E-state index contributed by atoms with van der Waals surface area (Å²) in [6.45, 7) is 7.10. The molecule has 1 unspecified atom stereocenters. The maximum Gasteiger partial charge on any atom is 0.200 e. The number of Topliss-reactive ketones (excluding diaryl/α,β-unsaturated/α-hetero) is 1. The van der Waals surface area contributed by atoms with Crippen LogP contribution in [0.5, 0.6) is 0 Å². The first-order chi connectivity index (χ1) is 12.6. The smallest absolute Gasteiger partial charge is 0.200 e. The summed E-state index contributed by atoms with van der Waals surface area (Å²) >= 11 is 1.41. The standard InChI is InChI=1S/C20H23N3O2S/c1-4-14(3)15-8-10-16(11-9-15)17(24)13-26-20-22-21-19(23(20)5-2)18-7-6-12-25-18/h6-12,14H,4-5,13H2,1-3H3. The zero-order valence-corrected chi connectivity index (χ0v) is 16.1. The van der Waals surface area contributed by atoms with E-state index in [0.717, 1.165) is 17.1 Å². The molecule has 3 aromatic rings. The Hall–Kier alpha value is -2.34. The first-order valence-corrected chi connectivity index (χ1v) is 9.85. The topological polar surface area (TPSA) is 60.9 Å². The normalized spacial score (nSPS) is 12.3. The van der Waals surface area contributed by atoms with Gasteiger partial charge in [0.15, 0.2) is 22.5 Å². The Morgan fingerprint density at radius 1 is 1.19 bits per heavy atom. The lowest BCUT2D eigenvalue weighted by Crippen LogP contribution is -2.05. The van der Waals surface area contributed by atoms with E-state index in [4.69, 9.17) is 4.42 Å². The van der Waals surface area contributed by atoms with Crippen LogP contribution >= 0.6 is 11.8 Å². The molecule has 6 heteroatoms. The molecular weight excluding hydrogens is 346 g/mol. The highest BCUT2D eigenvalue weighted by Crippen LogP contribution is 2.25. The van der Waals surface area contributed by atoms with Crippen LogP contribution in [0.2, 0.25) is 0 Å². The maximum atomic E-state index is 12.5. The van der Waals surface area contributed by atoms with Crippen LogP contribution in [0.1, 0.15) is 49.0 Å². The van der Waals surface area contributed by atoms with Gasteiger partial charge in [-0.1, -0.05) is 49.9 Å². The molecule has 3 rings (SSSR count). The zero-order chi connectivity index (χ0) is 18.5. The number of ketones is 1. The molecule has 0 amide bonds. The van der Waals surface area contributed by atoms with E-state index < -0.39 is 0 Å². The summed E-state index contributed by atoms with van der Waals surface area (Å²) in [4.78, 5) is 12.5. The second-order valence-electron chi connectivity index (χ2n) is 6.17. The number of hydrogen-bond donors (Lipinski definition) is 0. The van der Waals surface area contributed by atoms with E-state index >= 15 is 0 Å². The lowest BCUT2D eigenvalue weighted by molar-refractivity contribution is 0.102. The fourth-order valence-corrected chi connectivity index (χ4v) is 3.61. The maximum absolute atomic E-state index is 12.5. The molecule has 136 valence electrons. The molecule has 0 bridgehead atoms. The second-order valence-corrected chi connectivity index (χ2v) is 7.11. The van der Waals surface area contributed by atoms with Crippen LogP contribution in [0, 0.1) is 0 Å². The first kappa shape index (κ1) is 18.5. The van der Waals surface area contributed by atoms with E-state index in [1.807, 2.05) is 35.8 Å². The Kier molecular flexibility index (Phi) is 5.93. The van der Waals surface area contributed by atoms with Gasteiger partial charge in [0.2, 0.25) is 0 Å². The molecule has 0 radical (unpaired) electrons. The molecule has 2 heterocycles. The van der Waals surface area contributed by atoms with Gasteiger partial charge in [-0.05, 0) is 37.0 Å². The third kappa shape index (κ3) is 3.90. The van der Waals surface area contributed by atoms with Gasteiger partial charge in [0.25, 0.3) is 0 Å². The second kappa shape index (κ2) is 8.36. The van der Waals surface area contributed by atoms with Crippen LogP contribution in [-0.2, 0) is 6.54 Å². The van der Waals surface area contributed by atoms with Crippen LogP contribution in [0.4, 0.5) is 0 Å². The highest BCUT2D eigenvalue weighted by molar-refractivity contribution is 7.99. The van der Waals surface area contributed by atoms with Gasteiger partial charge in [0.1, 0.15) is 0 Å². The Morgan fingerprint density at radius 3 is 2.58 bits per heavy atom. The van der Waals surface area contributed by atoms with Crippen LogP contribution in [0.15, 0.2) is 52.2 Å². The van der Waals surface area contributed by atoms with Crippen LogP contribution < -0.4 is 0 Å². The van der Waals surface area contributed by atoms with Crippen molar-refractivity contribution in [3.8, 4) is 11.6 Å². The van der Waals surface area contributed by atoms with Gasteiger partial charge >= 0.3 is 0 Å². The van der Waals surface area contributed by atoms with E-state index in [1.54, 1.807) is 6.26 Å². The number of rotatable bonds is 8. The molecule has 5 nitrogen and oxygen atoms in total. The lowest BCUT2D eigenvalue weighted by atomic mass is 9.97. The molecule has 1 aromatic carbocycles. The number of hydrogen-bond acceptors (Lipinski definition) is 5. The lowest BCUT2D eigenvalue weighted by Gasteiger charge is -2.09. The van der Waals surface area contributed by atoms with Gasteiger partial charge in [-0.2, -0.15) is 0 Å². The van der Waals surface area contributed by atoms with Gasteiger partial charge < -0.3 is 4.42 Å². The van der Waals surface area contributed by atoms with Crippen molar-refractivity contribution in [1.29, 1.82) is 0 Å². The summed E-state index contributed by atoms with van der Waals surface area (Å²) in [5, 5.41) is 9.15. The van der Waals surface area contributed by atoms with Crippen molar-refractivity contribution in [2.75, 3.05) is 5.75 Å². The van der Waals surface area contributed by atoms with Crippen molar-refractivity contribution < 1.29 is 9.21 Å². The van der Waals surface area contributed by atoms with E-state index in [0.29, 0.717) is 29.8 Å². The molecule has 0 aliphatic carbocycles. The van der Waals surface area contributed by atoms with Crippen molar-refractivity contribution in [3.05, 3.63) is 53.8 Å². The summed E-state index contributed by atoms with van der Waals surface area (Å²) < 4.78 is 7.37. The average molecular weight is 369 g/mol. The van der Waals surface area contributed by atoms with E-state index in [-0.39, 0.29) is 5.78 Å². The highest BCUT2D eigenvalue weighted by atomic mass is 32.2. The zero-order valence-electron chi connectivity index (χ0n) is 15.3. The van der Waals surface area contributed by atoms with Crippen molar-refractivity contribution in [2.45, 2.75) is 44.8 Å². The van der Waals surface area contributed by atoms with E-state index in [2.05, 4.69) is 36.2 Å². The van der Waals surface area contributed by atoms with E-state index in [9.17, 15) is 4.79 Å². The Bertz CT molecular complexity index is 854. The van der Waals surface area contributed by atoms with Crippen molar-refractivity contribution >= 4 is 17.5 Å². The molecule has 26 heavy (non-hydrogen) atoms. The predicted octanol–water partition coefficient (Wildman–Crippen LogP) is 5.05. The van der Waals surface area contributed by atoms with Gasteiger partial charge in [-0.3, -0.25) is 9.36 Å². The van der Waals surface area contributed by atoms with Gasteiger partial charge in [0, 0.05) is 12.1 Å². The Labute approximate surface area is 157 Å². The summed E-state index contributed by atoms with van der Waals surface area (Å²) in [7, 11) is 0.